The number of ether oxygens (including phenoxy) is 1. The fourth-order valence-corrected chi connectivity index (χ4v) is 5.22. The van der Waals surface area contributed by atoms with Crippen LogP contribution in [0.2, 0.25) is 0 Å². The molecule has 0 aliphatic carbocycles. The normalized spacial score (nSPS) is 11.1. The Morgan fingerprint density at radius 1 is 0.730 bits per heavy atom. The first kappa shape index (κ1) is 32.9. The Hall–Kier alpha value is -2.11. The predicted octanol–water partition coefficient (Wildman–Crippen LogP) is 8.13. The van der Waals surface area contributed by atoms with E-state index in [0.29, 0.717) is 13.0 Å². The molecule has 0 saturated carbocycles. The number of aliphatic carboxylic acids is 1. The molecule has 0 aliphatic heterocycles. The van der Waals surface area contributed by atoms with Gasteiger partial charge in [-0.05, 0) is 45.6 Å². The Morgan fingerprint density at radius 2 is 1.24 bits per heavy atom. The quantitative estimate of drug-likeness (QED) is 0.0896. The van der Waals surface area contributed by atoms with Crippen molar-refractivity contribution in [2.24, 2.45) is 0 Å². The van der Waals surface area contributed by atoms with Gasteiger partial charge in [-0.3, -0.25) is 14.4 Å². The SMILES string of the molecule is CCCCCCCCCCCC(=O)c1c(C)c(CC(=O)OCC)n(CCCCCCCCC(=O)O)c1C. The number of unbranched alkanes of at least 4 members (excludes halogenated alkanes) is 13. The molecule has 0 amide bonds. The summed E-state index contributed by atoms with van der Waals surface area (Å²) in [6.07, 6.45) is 17.9. The van der Waals surface area contributed by atoms with Gasteiger partial charge in [0, 0.05) is 36.3 Å². The van der Waals surface area contributed by atoms with E-state index in [4.69, 9.17) is 9.84 Å². The number of nitrogens with zero attached hydrogens (tertiary/aromatic N) is 1. The van der Waals surface area contributed by atoms with E-state index in [1.165, 1.54) is 44.9 Å². The van der Waals surface area contributed by atoms with E-state index >= 15 is 0 Å². The van der Waals surface area contributed by atoms with Gasteiger partial charge in [0.15, 0.2) is 5.78 Å². The molecule has 0 unspecified atom stereocenters. The Labute approximate surface area is 225 Å². The van der Waals surface area contributed by atoms with Gasteiger partial charge in [-0.15, -0.1) is 0 Å². The van der Waals surface area contributed by atoms with Gasteiger partial charge in [0.1, 0.15) is 0 Å². The average molecular weight is 520 g/mol. The van der Waals surface area contributed by atoms with Gasteiger partial charge in [-0.25, -0.2) is 0 Å². The summed E-state index contributed by atoms with van der Waals surface area (Å²) < 4.78 is 7.38. The van der Waals surface area contributed by atoms with Crippen LogP contribution < -0.4 is 0 Å². The van der Waals surface area contributed by atoms with Crippen LogP contribution in [0.3, 0.4) is 0 Å². The summed E-state index contributed by atoms with van der Waals surface area (Å²) in [5.41, 5.74) is 3.61. The Bertz CT molecular complexity index is 811. The van der Waals surface area contributed by atoms with E-state index in [-0.39, 0.29) is 24.6 Å². The molecule has 0 saturated heterocycles. The van der Waals surface area contributed by atoms with Crippen molar-refractivity contribution in [2.75, 3.05) is 6.61 Å². The van der Waals surface area contributed by atoms with Crippen molar-refractivity contribution in [1.82, 2.24) is 4.57 Å². The molecule has 37 heavy (non-hydrogen) atoms. The lowest BCUT2D eigenvalue weighted by molar-refractivity contribution is -0.142. The van der Waals surface area contributed by atoms with Crippen LogP contribution in [0.4, 0.5) is 0 Å². The van der Waals surface area contributed by atoms with Crippen LogP contribution >= 0.6 is 0 Å². The third-order valence-corrected chi connectivity index (χ3v) is 7.33. The standard InChI is InChI=1S/C31H53NO5/c1-5-7-8-9-10-11-12-15-18-21-28(33)31-25(3)27(24-30(36)37-6-2)32(26(31)4)23-20-17-14-13-16-19-22-29(34)35/h5-24H2,1-4H3,(H,34,35). The predicted molar refractivity (Wildman–Crippen MR) is 150 cm³/mol. The van der Waals surface area contributed by atoms with E-state index in [9.17, 15) is 14.4 Å². The minimum Gasteiger partial charge on any atom is -0.481 e. The minimum atomic E-state index is -0.726. The molecule has 1 aromatic rings. The molecular formula is C31H53NO5. The molecule has 0 fully saturated rings. The molecule has 1 heterocycles. The van der Waals surface area contributed by atoms with Gasteiger partial charge >= 0.3 is 11.9 Å². The highest BCUT2D eigenvalue weighted by atomic mass is 16.5. The highest BCUT2D eigenvalue weighted by Crippen LogP contribution is 2.26. The molecule has 1 N–H and O–H groups in total. The lowest BCUT2D eigenvalue weighted by atomic mass is 9.99. The third-order valence-electron chi connectivity index (χ3n) is 7.33. The zero-order chi connectivity index (χ0) is 27.5. The molecule has 1 rings (SSSR count). The fraction of sp³-hybridized carbons (Fsp3) is 0.774. The van der Waals surface area contributed by atoms with E-state index in [1.54, 1.807) is 0 Å². The van der Waals surface area contributed by atoms with E-state index in [2.05, 4.69) is 11.5 Å². The summed E-state index contributed by atoms with van der Waals surface area (Å²) in [5, 5.41) is 8.75. The van der Waals surface area contributed by atoms with Crippen molar-refractivity contribution in [3.8, 4) is 0 Å². The van der Waals surface area contributed by atoms with Crippen molar-refractivity contribution in [1.29, 1.82) is 0 Å². The van der Waals surface area contributed by atoms with Crippen LogP contribution in [0.1, 0.15) is 150 Å². The number of ketones is 1. The molecule has 0 aromatic carbocycles. The second kappa shape index (κ2) is 19.9. The van der Waals surface area contributed by atoms with Crippen molar-refractivity contribution in [3.63, 3.8) is 0 Å². The van der Waals surface area contributed by atoms with Gasteiger partial charge in [0.25, 0.3) is 0 Å². The number of rotatable bonds is 23. The summed E-state index contributed by atoms with van der Waals surface area (Å²) in [6, 6.07) is 0. The van der Waals surface area contributed by atoms with E-state index < -0.39 is 5.97 Å². The first-order valence-electron chi connectivity index (χ1n) is 14.9. The van der Waals surface area contributed by atoms with Crippen LogP contribution in [0.25, 0.3) is 0 Å². The first-order valence-corrected chi connectivity index (χ1v) is 14.9. The van der Waals surface area contributed by atoms with Crippen molar-refractivity contribution >= 4 is 17.7 Å². The fourth-order valence-electron chi connectivity index (χ4n) is 5.22. The number of aromatic nitrogens is 1. The van der Waals surface area contributed by atoms with Crippen LogP contribution in [0, 0.1) is 13.8 Å². The highest BCUT2D eigenvalue weighted by Gasteiger charge is 2.23. The summed E-state index contributed by atoms with van der Waals surface area (Å²) >= 11 is 0. The van der Waals surface area contributed by atoms with E-state index in [0.717, 1.165) is 80.4 Å². The minimum absolute atomic E-state index is 0.195. The smallest absolute Gasteiger partial charge is 0.311 e. The van der Waals surface area contributed by atoms with Gasteiger partial charge < -0.3 is 14.4 Å². The average Bonchev–Trinajstić information content (AvgIpc) is 3.08. The van der Waals surface area contributed by atoms with Gasteiger partial charge in [-0.1, -0.05) is 84.0 Å². The topological polar surface area (TPSA) is 85.6 Å². The Kier molecular flexibility index (Phi) is 17.7. The lowest BCUT2D eigenvalue weighted by Crippen LogP contribution is -2.13. The molecule has 1 aromatic heterocycles. The number of carboxylic acids is 1. The zero-order valence-corrected chi connectivity index (χ0v) is 24.2. The van der Waals surface area contributed by atoms with Crippen molar-refractivity contribution in [3.05, 3.63) is 22.5 Å². The molecule has 6 heteroatoms. The summed E-state index contributed by atoms with van der Waals surface area (Å²) in [5.74, 6) is -0.781. The molecular weight excluding hydrogens is 466 g/mol. The maximum Gasteiger partial charge on any atom is 0.311 e. The van der Waals surface area contributed by atoms with Crippen LogP contribution in [0.5, 0.6) is 0 Å². The maximum absolute atomic E-state index is 13.2. The zero-order valence-electron chi connectivity index (χ0n) is 24.2. The second-order valence-corrected chi connectivity index (χ2v) is 10.4. The van der Waals surface area contributed by atoms with Crippen LogP contribution in [-0.2, 0) is 27.3 Å². The highest BCUT2D eigenvalue weighted by molar-refractivity contribution is 5.99. The molecule has 0 bridgehead atoms. The number of hydrogen-bond acceptors (Lipinski definition) is 4. The monoisotopic (exact) mass is 519 g/mol. The third kappa shape index (κ3) is 13.3. The van der Waals surface area contributed by atoms with Gasteiger partial charge in [0.05, 0.1) is 13.0 Å². The molecule has 0 radical (unpaired) electrons. The number of Topliss-reactive ketones (excluding diaryl/α,β-unsaturated/α-hetero) is 1. The number of carbonyl (C=O) groups excluding carboxylic acids is 2. The number of carboxylic acid groups (broad SMARTS) is 1. The Morgan fingerprint density at radius 3 is 1.78 bits per heavy atom. The molecule has 6 nitrogen and oxygen atoms in total. The van der Waals surface area contributed by atoms with Crippen molar-refractivity contribution in [2.45, 2.75) is 150 Å². The number of hydrogen-bond donors (Lipinski definition) is 1. The van der Waals surface area contributed by atoms with E-state index in [1.807, 2.05) is 20.8 Å². The van der Waals surface area contributed by atoms with Gasteiger partial charge in [-0.2, -0.15) is 0 Å². The summed E-state index contributed by atoms with van der Waals surface area (Å²) in [6.45, 7) is 9.17. The second-order valence-electron chi connectivity index (χ2n) is 10.4. The van der Waals surface area contributed by atoms with Crippen LogP contribution in [0.15, 0.2) is 0 Å². The maximum atomic E-state index is 13.2. The number of carbonyl (C=O) groups is 3. The Balaban J connectivity index is 2.66. The van der Waals surface area contributed by atoms with Crippen LogP contribution in [-0.4, -0.2) is 34.0 Å². The molecule has 0 spiro atoms. The molecule has 0 aliphatic rings. The first-order chi connectivity index (χ1) is 17.8. The molecule has 0 atom stereocenters. The largest absolute Gasteiger partial charge is 0.481 e. The summed E-state index contributed by atoms with van der Waals surface area (Å²) in [4.78, 5) is 36.2. The van der Waals surface area contributed by atoms with Gasteiger partial charge in [0.2, 0.25) is 0 Å². The summed E-state index contributed by atoms with van der Waals surface area (Å²) in [7, 11) is 0. The van der Waals surface area contributed by atoms with Crippen molar-refractivity contribution < 1.29 is 24.2 Å². The molecule has 212 valence electrons. The number of esters is 1. The lowest BCUT2D eigenvalue weighted by Gasteiger charge is -2.12.